The average molecular weight is 641 g/mol. The van der Waals surface area contributed by atoms with Gasteiger partial charge in [0.05, 0.1) is 30.4 Å². The number of nitrogens with zero attached hydrogens (tertiary/aromatic N) is 2. The molecule has 9 nitrogen and oxygen atoms in total. The van der Waals surface area contributed by atoms with Gasteiger partial charge in [-0.2, -0.15) is 0 Å². The van der Waals surface area contributed by atoms with E-state index in [2.05, 4.69) is 20.5 Å². The number of anilines is 1. The summed E-state index contributed by atoms with van der Waals surface area (Å²) in [6.07, 6.45) is 9.50. The van der Waals surface area contributed by atoms with Gasteiger partial charge in [-0.3, -0.25) is 19.5 Å². The van der Waals surface area contributed by atoms with E-state index in [1.807, 2.05) is 69.3 Å². The van der Waals surface area contributed by atoms with Crippen LogP contribution in [0.25, 0.3) is 0 Å². The van der Waals surface area contributed by atoms with Crippen LogP contribution in [0.2, 0.25) is 0 Å². The summed E-state index contributed by atoms with van der Waals surface area (Å²) in [5.41, 5.74) is 3.57. The number of pyridine rings is 1. The molecule has 3 aliphatic rings. The quantitative estimate of drug-likeness (QED) is 0.265. The average Bonchev–Trinajstić information content (AvgIpc) is 3.08. The van der Waals surface area contributed by atoms with E-state index in [1.165, 1.54) is 25.5 Å². The molecule has 0 unspecified atom stereocenters. The number of hydrogen-bond donors (Lipinski definition) is 3. The lowest BCUT2D eigenvalue weighted by Crippen LogP contribution is -2.61. The van der Waals surface area contributed by atoms with Crippen molar-refractivity contribution in [2.24, 2.45) is 5.92 Å². The molecule has 0 radical (unpaired) electrons. The van der Waals surface area contributed by atoms with Crippen molar-refractivity contribution >= 4 is 17.5 Å². The molecule has 3 N–H and O–H groups in total. The van der Waals surface area contributed by atoms with E-state index in [-0.39, 0.29) is 42.2 Å². The summed E-state index contributed by atoms with van der Waals surface area (Å²) >= 11 is 0. The van der Waals surface area contributed by atoms with Crippen LogP contribution in [0.4, 0.5) is 5.69 Å². The van der Waals surface area contributed by atoms with Crippen LogP contribution in [0.15, 0.2) is 73.1 Å². The molecule has 2 aromatic carbocycles. The van der Waals surface area contributed by atoms with Crippen molar-refractivity contribution in [2.45, 2.75) is 108 Å². The summed E-state index contributed by atoms with van der Waals surface area (Å²) in [5.74, 6) is 0.481. The predicted octanol–water partition coefficient (Wildman–Crippen LogP) is 6.31. The second-order valence-corrected chi connectivity index (χ2v) is 14.3. The third-order valence-corrected chi connectivity index (χ3v) is 9.70. The minimum absolute atomic E-state index is 0.0145. The number of carbonyl (C=O) groups is 2. The molecule has 47 heavy (non-hydrogen) atoms. The van der Waals surface area contributed by atoms with Crippen molar-refractivity contribution in [3.63, 3.8) is 0 Å². The summed E-state index contributed by atoms with van der Waals surface area (Å²) in [5, 5.41) is 15.8. The molecule has 250 valence electrons. The predicted molar refractivity (Wildman–Crippen MR) is 180 cm³/mol. The standard InChI is InChI=1S/C38H48N4O5/c1-38(2,3)41-36(45)33-19-16-26-7-4-5-9-32(26)42(33)23-31-21-34(27-12-10-25(24-43)11-13-27)47-37(46-31)28-14-17-30(18-15-28)40-35(44)29-8-6-20-39-22-29/h6,8,10-15,17-18,20,22,26,31-34,37,43H,4-5,7,9,16,19,21,23-24H2,1-3H3,(H,40,44)(H,41,45)/t26-,31+,32-,33-,34-,37-/m1/s1. The van der Waals surface area contributed by atoms with Gasteiger partial charge in [0, 0.05) is 48.2 Å². The normalized spacial score (nSPS) is 26.6. The lowest BCUT2D eigenvalue weighted by Gasteiger charge is -2.50. The molecule has 3 fully saturated rings. The molecule has 1 saturated carbocycles. The number of rotatable bonds is 8. The number of piperidine rings is 1. The number of aliphatic hydroxyl groups excluding tert-OH is 1. The molecule has 6 atom stereocenters. The lowest BCUT2D eigenvalue weighted by molar-refractivity contribution is -0.255. The second-order valence-electron chi connectivity index (χ2n) is 14.3. The van der Waals surface area contributed by atoms with Gasteiger partial charge in [-0.1, -0.05) is 49.2 Å². The van der Waals surface area contributed by atoms with Crippen LogP contribution in [0.5, 0.6) is 0 Å². The van der Waals surface area contributed by atoms with E-state index >= 15 is 0 Å². The maximum Gasteiger partial charge on any atom is 0.257 e. The fraction of sp³-hybridized carbons (Fsp3) is 0.500. The van der Waals surface area contributed by atoms with Gasteiger partial charge in [0.15, 0.2) is 6.29 Å². The van der Waals surface area contributed by atoms with Crippen LogP contribution in [-0.2, 0) is 20.9 Å². The molecule has 3 aromatic rings. The van der Waals surface area contributed by atoms with Crippen LogP contribution in [0.3, 0.4) is 0 Å². The van der Waals surface area contributed by atoms with Gasteiger partial charge in [-0.05, 0) is 87.8 Å². The van der Waals surface area contributed by atoms with Gasteiger partial charge >= 0.3 is 0 Å². The first-order valence-corrected chi connectivity index (χ1v) is 17.1. The molecule has 9 heteroatoms. The zero-order valence-corrected chi connectivity index (χ0v) is 27.7. The van der Waals surface area contributed by atoms with Crippen molar-refractivity contribution < 1.29 is 24.2 Å². The van der Waals surface area contributed by atoms with Crippen LogP contribution in [0, 0.1) is 5.92 Å². The number of amides is 2. The zero-order chi connectivity index (χ0) is 33.0. The highest BCUT2D eigenvalue weighted by Gasteiger charge is 2.44. The topological polar surface area (TPSA) is 113 Å². The maximum absolute atomic E-state index is 13.7. The van der Waals surface area contributed by atoms with Crippen LogP contribution in [-0.4, -0.2) is 57.1 Å². The molecular weight excluding hydrogens is 592 g/mol. The Morgan fingerprint density at radius 3 is 2.38 bits per heavy atom. The number of ether oxygens (including phenoxy) is 2. The lowest BCUT2D eigenvalue weighted by atomic mass is 9.75. The molecule has 0 bridgehead atoms. The summed E-state index contributed by atoms with van der Waals surface area (Å²) in [6, 6.07) is 19.1. The molecule has 0 spiro atoms. The second kappa shape index (κ2) is 14.6. The number of likely N-dealkylation sites (tertiary alicyclic amines) is 1. The highest BCUT2D eigenvalue weighted by Crippen LogP contribution is 2.42. The Hall–Kier alpha value is -3.63. The maximum atomic E-state index is 13.7. The molecule has 3 heterocycles. The molecule has 2 aliphatic heterocycles. The van der Waals surface area contributed by atoms with E-state index in [4.69, 9.17) is 9.47 Å². The summed E-state index contributed by atoms with van der Waals surface area (Å²) in [7, 11) is 0. The van der Waals surface area contributed by atoms with E-state index in [1.54, 1.807) is 18.3 Å². The summed E-state index contributed by atoms with van der Waals surface area (Å²) < 4.78 is 13.4. The smallest absolute Gasteiger partial charge is 0.257 e. The molecule has 1 aliphatic carbocycles. The number of hydrogen-bond acceptors (Lipinski definition) is 7. The summed E-state index contributed by atoms with van der Waals surface area (Å²) in [4.78, 5) is 32.9. The minimum Gasteiger partial charge on any atom is -0.392 e. The Balaban J connectivity index is 1.24. The van der Waals surface area contributed by atoms with Crippen molar-refractivity contribution in [1.82, 2.24) is 15.2 Å². The van der Waals surface area contributed by atoms with Gasteiger partial charge < -0.3 is 25.2 Å². The SMILES string of the molecule is CC(C)(C)NC(=O)[C@H]1CC[C@H]2CCCC[C@H]2N1C[C@@H]1C[C@H](c2ccc(CO)cc2)O[C@H](c2ccc(NC(=O)c3cccnc3)cc2)O1. The number of carbonyl (C=O) groups excluding carboxylic acids is 2. The highest BCUT2D eigenvalue weighted by atomic mass is 16.7. The molecule has 2 saturated heterocycles. The monoisotopic (exact) mass is 640 g/mol. The first-order valence-electron chi connectivity index (χ1n) is 17.1. The molecule has 2 amide bonds. The number of fused-ring (bicyclic) bond motifs is 1. The fourth-order valence-electron chi connectivity index (χ4n) is 7.42. The third-order valence-electron chi connectivity index (χ3n) is 9.70. The van der Waals surface area contributed by atoms with Crippen molar-refractivity contribution in [1.29, 1.82) is 0 Å². The third kappa shape index (κ3) is 8.27. The van der Waals surface area contributed by atoms with Crippen molar-refractivity contribution in [2.75, 3.05) is 11.9 Å². The van der Waals surface area contributed by atoms with Crippen LogP contribution in [0.1, 0.15) is 105 Å². The Kier molecular flexibility index (Phi) is 10.4. The molecule has 1 aromatic heterocycles. The van der Waals surface area contributed by atoms with E-state index in [9.17, 15) is 14.7 Å². The van der Waals surface area contributed by atoms with Gasteiger partial charge in [-0.15, -0.1) is 0 Å². The van der Waals surface area contributed by atoms with E-state index in [0.717, 1.165) is 36.0 Å². The molecular formula is C38H48N4O5. The Morgan fingerprint density at radius 2 is 1.68 bits per heavy atom. The van der Waals surface area contributed by atoms with Gasteiger partial charge in [0.25, 0.3) is 5.91 Å². The Labute approximate surface area is 278 Å². The van der Waals surface area contributed by atoms with Crippen LogP contribution < -0.4 is 10.6 Å². The highest BCUT2D eigenvalue weighted by molar-refractivity contribution is 6.04. The largest absolute Gasteiger partial charge is 0.392 e. The van der Waals surface area contributed by atoms with Crippen LogP contribution >= 0.6 is 0 Å². The number of nitrogens with one attached hydrogen (secondary N) is 2. The van der Waals surface area contributed by atoms with Gasteiger partial charge in [0.1, 0.15) is 0 Å². The van der Waals surface area contributed by atoms with Gasteiger partial charge in [-0.25, -0.2) is 0 Å². The Bertz CT molecular complexity index is 1490. The summed E-state index contributed by atoms with van der Waals surface area (Å²) in [6.45, 7) is 6.74. The minimum atomic E-state index is -0.631. The van der Waals surface area contributed by atoms with Crippen molar-refractivity contribution in [3.8, 4) is 0 Å². The zero-order valence-electron chi connectivity index (χ0n) is 27.7. The number of aliphatic hydroxyl groups is 1. The van der Waals surface area contributed by atoms with E-state index < -0.39 is 6.29 Å². The van der Waals surface area contributed by atoms with E-state index in [0.29, 0.717) is 36.2 Å². The first-order chi connectivity index (χ1) is 22.7. The number of aromatic nitrogens is 1. The first kappa shape index (κ1) is 33.3. The Morgan fingerprint density at radius 1 is 0.936 bits per heavy atom. The van der Waals surface area contributed by atoms with Gasteiger partial charge in [0.2, 0.25) is 5.91 Å². The fourth-order valence-corrected chi connectivity index (χ4v) is 7.42. The molecule has 6 rings (SSSR count). The number of benzene rings is 2. The van der Waals surface area contributed by atoms with Crippen molar-refractivity contribution in [3.05, 3.63) is 95.3 Å².